The maximum absolute atomic E-state index is 13.5. The third-order valence-electron chi connectivity index (χ3n) is 10.2. The molecule has 2 unspecified atom stereocenters. The first-order chi connectivity index (χ1) is 22.5. The van der Waals surface area contributed by atoms with Crippen LogP contribution in [-0.2, 0) is 25.7 Å². The van der Waals surface area contributed by atoms with Gasteiger partial charge in [0.15, 0.2) is 5.76 Å². The minimum Gasteiger partial charge on any atom is -0.466 e. The monoisotopic (exact) mass is 642 g/mol. The second kappa shape index (κ2) is 13.2. The van der Waals surface area contributed by atoms with Crippen molar-refractivity contribution in [2.45, 2.75) is 77.4 Å². The molecule has 11 nitrogen and oxygen atoms in total. The molecule has 11 heteroatoms. The molecule has 248 valence electrons. The molecule has 7 rings (SSSR count). The fourth-order valence-corrected chi connectivity index (χ4v) is 8.42. The van der Waals surface area contributed by atoms with Gasteiger partial charge in [0.05, 0.1) is 7.11 Å². The number of benzene rings is 1. The number of ether oxygens (including phenoxy) is 1. The summed E-state index contributed by atoms with van der Waals surface area (Å²) in [5.41, 5.74) is 1.02. The average molecular weight is 643 g/mol. The maximum Gasteiger partial charge on any atom is 0.330 e. The van der Waals surface area contributed by atoms with Gasteiger partial charge in [-0.15, -0.1) is 0 Å². The van der Waals surface area contributed by atoms with Crippen LogP contribution in [0.1, 0.15) is 68.0 Å². The molecule has 0 aliphatic heterocycles. The van der Waals surface area contributed by atoms with Crippen LogP contribution in [0, 0.1) is 30.1 Å². The van der Waals surface area contributed by atoms with Crippen molar-refractivity contribution >= 4 is 40.3 Å². The molecule has 4 fully saturated rings. The van der Waals surface area contributed by atoms with Gasteiger partial charge in [0.25, 0.3) is 11.5 Å². The standard InChI is InChI=1S/C36H42N4O7/c1-21-25-9-4-6-12-28(25)47-32(21)34(44)37-26(10-5-7-13-30(42)46-3)33(43)38-27-11-8-14-40(35(27)45)20-29(41)39-31-23-15-22-16-24(31)19-36(2,17-22)18-23/h4,6-9,11-14,22-24,26,31H,5,10,15-20H2,1-3H3,(H,37,44)(H,38,43)(H,39,41)/b13-7+/t22?,23?,24?,26-,31?,36?/m0/s1. The molecule has 1 aromatic carbocycles. The second-order valence-electron chi connectivity index (χ2n) is 13.8. The van der Waals surface area contributed by atoms with E-state index in [1.165, 1.54) is 36.4 Å². The van der Waals surface area contributed by atoms with E-state index in [2.05, 4.69) is 27.6 Å². The summed E-state index contributed by atoms with van der Waals surface area (Å²) in [4.78, 5) is 65.0. The summed E-state index contributed by atoms with van der Waals surface area (Å²) in [5.74, 6) is -0.173. The molecule has 4 aliphatic rings. The molecular weight excluding hydrogens is 600 g/mol. The van der Waals surface area contributed by atoms with Crippen LogP contribution in [0.2, 0.25) is 0 Å². The van der Waals surface area contributed by atoms with Crippen molar-refractivity contribution in [2.75, 3.05) is 12.4 Å². The van der Waals surface area contributed by atoms with Crippen molar-refractivity contribution in [3.8, 4) is 0 Å². The van der Waals surface area contributed by atoms with E-state index in [9.17, 15) is 24.0 Å². The summed E-state index contributed by atoms with van der Waals surface area (Å²) in [7, 11) is 1.26. The molecule has 4 aliphatic carbocycles. The zero-order valence-electron chi connectivity index (χ0n) is 27.0. The molecule has 0 radical (unpaired) electrons. The van der Waals surface area contributed by atoms with Crippen molar-refractivity contribution in [1.29, 1.82) is 0 Å². The fourth-order valence-electron chi connectivity index (χ4n) is 8.42. The highest BCUT2D eigenvalue weighted by Crippen LogP contribution is 2.59. The highest BCUT2D eigenvalue weighted by Gasteiger charge is 2.53. The van der Waals surface area contributed by atoms with Crippen molar-refractivity contribution < 1.29 is 28.3 Å². The summed E-state index contributed by atoms with van der Waals surface area (Å²) < 4.78 is 11.7. The number of pyridine rings is 1. The number of allylic oxidation sites excluding steroid dienone is 1. The molecule has 2 aromatic heterocycles. The molecular formula is C36H42N4O7. The molecule has 3 amide bonds. The fraction of sp³-hybridized carbons (Fsp3) is 0.472. The Morgan fingerprint density at radius 1 is 1.09 bits per heavy atom. The SMILES string of the molecule is COC(=O)/C=C/CC[C@H](NC(=O)c1oc2ccccc2c1C)C(=O)Nc1cccn(CC(=O)NC2C3CC4CC2CC(C)(C4)C3)c1=O. The molecule has 3 aromatic rings. The van der Waals surface area contributed by atoms with E-state index < -0.39 is 29.4 Å². The van der Waals surface area contributed by atoms with Gasteiger partial charge in [0.1, 0.15) is 23.9 Å². The number of rotatable bonds is 11. The molecule has 0 saturated heterocycles. The summed E-state index contributed by atoms with van der Waals surface area (Å²) in [6, 6.07) is 9.37. The molecule has 4 saturated carbocycles. The Hall–Kier alpha value is -4.67. The lowest BCUT2D eigenvalue weighted by Crippen LogP contribution is -2.59. The quantitative estimate of drug-likeness (QED) is 0.206. The Morgan fingerprint density at radius 2 is 1.83 bits per heavy atom. The van der Waals surface area contributed by atoms with Crippen molar-refractivity contribution in [3.05, 3.63) is 76.4 Å². The molecule has 0 spiro atoms. The van der Waals surface area contributed by atoms with Crippen molar-refractivity contribution in [1.82, 2.24) is 15.2 Å². The predicted molar refractivity (Wildman–Crippen MR) is 176 cm³/mol. The van der Waals surface area contributed by atoms with Crippen LogP contribution in [-0.4, -0.2) is 47.5 Å². The second-order valence-corrected chi connectivity index (χ2v) is 13.8. The minimum atomic E-state index is -1.08. The first-order valence-electron chi connectivity index (χ1n) is 16.4. The first-order valence-corrected chi connectivity index (χ1v) is 16.4. The Balaban J connectivity index is 1.13. The Labute approximate surface area is 273 Å². The van der Waals surface area contributed by atoms with Gasteiger partial charge < -0.3 is 29.7 Å². The van der Waals surface area contributed by atoms with E-state index >= 15 is 0 Å². The Morgan fingerprint density at radius 3 is 2.53 bits per heavy atom. The lowest BCUT2D eigenvalue weighted by atomic mass is 9.48. The zero-order valence-corrected chi connectivity index (χ0v) is 27.0. The average Bonchev–Trinajstić information content (AvgIpc) is 3.37. The van der Waals surface area contributed by atoms with Crippen LogP contribution in [0.5, 0.6) is 0 Å². The Bertz CT molecular complexity index is 1770. The topological polar surface area (TPSA) is 149 Å². The molecule has 3 N–H and O–H groups in total. The van der Waals surface area contributed by atoms with Crippen LogP contribution < -0.4 is 21.5 Å². The zero-order chi connectivity index (χ0) is 33.3. The Kier molecular flexibility index (Phi) is 9.07. The largest absolute Gasteiger partial charge is 0.466 e. The number of furan rings is 1. The van der Waals surface area contributed by atoms with E-state index in [-0.39, 0.29) is 42.8 Å². The lowest BCUT2D eigenvalue weighted by molar-refractivity contribution is -0.134. The van der Waals surface area contributed by atoms with Gasteiger partial charge in [0.2, 0.25) is 11.8 Å². The van der Waals surface area contributed by atoms with Crippen LogP contribution in [0.15, 0.2) is 64.0 Å². The number of carbonyl (C=O) groups is 4. The minimum absolute atomic E-state index is 0.0166. The van der Waals surface area contributed by atoms with E-state index in [1.807, 2.05) is 12.1 Å². The highest BCUT2D eigenvalue weighted by atomic mass is 16.5. The van der Waals surface area contributed by atoms with Gasteiger partial charge in [-0.2, -0.15) is 0 Å². The van der Waals surface area contributed by atoms with Crippen molar-refractivity contribution in [2.24, 2.45) is 23.2 Å². The number of carbonyl (C=O) groups excluding carboxylic acids is 4. The molecule has 4 bridgehead atoms. The summed E-state index contributed by atoms with van der Waals surface area (Å²) in [5, 5.41) is 9.40. The number of anilines is 1. The van der Waals surface area contributed by atoms with Crippen molar-refractivity contribution in [3.63, 3.8) is 0 Å². The number of hydrogen-bond donors (Lipinski definition) is 3. The van der Waals surface area contributed by atoms with E-state index in [4.69, 9.17) is 4.42 Å². The van der Waals surface area contributed by atoms with Gasteiger partial charge in [-0.1, -0.05) is 31.2 Å². The highest BCUT2D eigenvalue weighted by molar-refractivity contribution is 6.03. The van der Waals surface area contributed by atoms with Crippen LogP contribution >= 0.6 is 0 Å². The van der Waals surface area contributed by atoms with Gasteiger partial charge >= 0.3 is 5.97 Å². The summed E-state index contributed by atoms with van der Waals surface area (Å²) >= 11 is 0. The number of aryl methyl sites for hydroxylation is 1. The third kappa shape index (κ3) is 6.89. The summed E-state index contributed by atoms with van der Waals surface area (Å²) in [6.07, 6.45) is 10.6. The van der Waals surface area contributed by atoms with E-state index in [0.717, 1.165) is 37.0 Å². The smallest absolute Gasteiger partial charge is 0.330 e. The number of nitrogens with zero attached hydrogens (tertiary/aromatic N) is 1. The predicted octanol–water partition coefficient (Wildman–Crippen LogP) is 4.48. The summed E-state index contributed by atoms with van der Waals surface area (Å²) in [6.45, 7) is 3.98. The molecule has 3 atom stereocenters. The van der Waals surface area contributed by atoms with E-state index in [0.29, 0.717) is 28.4 Å². The van der Waals surface area contributed by atoms with Crippen LogP contribution in [0.4, 0.5) is 5.69 Å². The van der Waals surface area contributed by atoms with E-state index in [1.54, 1.807) is 31.2 Å². The number of methoxy groups -OCH3 is 1. The van der Waals surface area contributed by atoms with Gasteiger partial charge in [-0.3, -0.25) is 19.2 Å². The number of nitrogens with one attached hydrogen (secondary N) is 3. The molecule has 47 heavy (non-hydrogen) atoms. The third-order valence-corrected chi connectivity index (χ3v) is 10.2. The van der Waals surface area contributed by atoms with Gasteiger partial charge in [0, 0.05) is 29.3 Å². The first kappa shape index (κ1) is 32.3. The number of amides is 3. The lowest BCUT2D eigenvalue weighted by Gasteiger charge is -2.59. The van der Waals surface area contributed by atoms with Gasteiger partial charge in [-0.05, 0) is 93.2 Å². The van der Waals surface area contributed by atoms with Crippen LogP contribution in [0.3, 0.4) is 0 Å². The maximum atomic E-state index is 13.5. The number of esters is 1. The molecule has 2 heterocycles. The number of hydrogen-bond acceptors (Lipinski definition) is 7. The number of para-hydroxylation sites is 1. The number of aromatic nitrogens is 1. The normalized spacial score (nSPS) is 25.1. The number of fused-ring (bicyclic) bond motifs is 1. The van der Waals surface area contributed by atoms with Crippen LogP contribution in [0.25, 0.3) is 11.0 Å². The van der Waals surface area contributed by atoms with Gasteiger partial charge in [-0.25, -0.2) is 4.79 Å².